The van der Waals surface area contributed by atoms with Crippen molar-refractivity contribution in [2.75, 3.05) is 11.9 Å². The van der Waals surface area contributed by atoms with Crippen LogP contribution in [0.4, 0.5) is 5.69 Å². The Hall–Kier alpha value is -2.00. The fourth-order valence-corrected chi connectivity index (χ4v) is 3.62. The summed E-state index contributed by atoms with van der Waals surface area (Å²) in [6.45, 7) is 4.95. The minimum Gasteiger partial charge on any atom is -0.491 e. The van der Waals surface area contributed by atoms with E-state index in [2.05, 4.69) is 43.4 Å². The van der Waals surface area contributed by atoms with Gasteiger partial charge in [0.2, 0.25) is 0 Å². The standard InChI is InChI=1S/C23H31NO2/c1-3-4-8-17(2)23(25)19-10-7-11-21(15-19)26-16-20-14-13-18-9-5-6-12-22(18)24-20/h5-7,9-12,15,17,20,23-25H,3-4,8,13-14,16H2,1-2H3. The van der Waals surface area contributed by atoms with Gasteiger partial charge in [-0.15, -0.1) is 0 Å². The molecule has 3 unspecified atom stereocenters. The number of aliphatic hydroxyl groups excluding tert-OH is 1. The second-order valence-corrected chi connectivity index (χ2v) is 7.48. The summed E-state index contributed by atoms with van der Waals surface area (Å²) in [5.74, 6) is 1.10. The molecule has 2 aromatic carbocycles. The Morgan fingerprint density at radius 2 is 2.04 bits per heavy atom. The van der Waals surface area contributed by atoms with Crippen LogP contribution in [0.25, 0.3) is 0 Å². The number of rotatable bonds is 8. The predicted octanol–water partition coefficient (Wildman–Crippen LogP) is 5.35. The normalized spacial score (nSPS) is 18.5. The van der Waals surface area contributed by atoms with E-state index >= 15 is 0 Å². The van der Waals surface area contributed by atoms with Crippen molar-refractivity contribution in [3.8, 4) is 5.75 Å². The lowest BCUT2D eigenvalue weighted by atomic mass is 9.93. The Bertz CT molecular complexity index is 700. The van der Waals surface area contributed by atoms with E-state index in [0.29, 0.717) is 12.6 Å². The van der Waals surface area contributed by atoms with Crippen LogP contribution in [0.15, 0.2) is 48.5 Å². The molecule has 1 aliphatic rings. The first-order chi connectivity index (χ1) is 12.7. The molecule has 140 valence electrons. The van der Waals surface area contributed by atoms with Crippen molar-refractivity contribution in [3.63, 3.8) is 0 Å². The number of para-hydroxylation sites is 1. The summed E-state index contributed by atoms with van der Waals surface area (Å²) in [4.78, 5) is 0. The molecular weight excluding hydrogens is 322 g/mol. The highest BCUT2D eigenvalue weighted by Gasteiger charge is 2.19. The molecule has 3 heteroatoms. The smallest absolute Gasteiger partial charge is 0.119 e. The number of fused-ring (bicyclic) bond motifs is 1. The Labute approximate surface area is 157 Å². The van der Waals surface area contributed by atoms with Gasteiger partial charge in [-0.05, 0) is 54.5 Å². The number of hydrogen-bond donors (Lipinski definition) is 2. The molecule has 0 radical (unpaired) electrons. The minimum absolute atomic E-state index is 0.265. The van der Waals surface area contributed by atoms with E-state index < -0.39 is 6.10 Å². The van der Waals surface area contributed by atoms with Gasteiger partial charge in [-0.25, -0.2) is 0 Å². The van der Waals surface area contributed by atoms with Gasteiger partial charge in [0.1, 0.15) is 12.4 Å². The second-order valence-electron chi connectivity index (χ2n) is 7.48. The van der Waals surface area contributed by atoms with Crippen LogP contribution >= 0.6 is 0 Å². The maximum absolute atomic E-state index is 10.6. The van der Waals surface area contributed by atoms with Gasteiger partial charge in [-0.3, -0.25) is 0 Å². The summed E-state index contributed by atoms with van der Waals surface area (Å²) in [7, 11) is 0. The van der Waals surface area contributed by atoms with Gasteiger partial charge in [0.25, 0.3) is 0 Å². The van der Waals surface area contributed by atoms with Gasteiger partial charge in [0.05, 0.1) is 12.1 Å². The molecule has 0 saturated carbocycles. The third-order valence-electron chi connectivity index (χ3n) is 5.34. The average molecular weight is 354 g/mol. The topological polar surface area (TPSA) is 41.5 Å². The van der Waals surface area contributed by atoms with Gasteiger partial charge in [0, 0.05) is 5.69 Å². The summed E-state index contributed by atoms with van der Waals surface area (Å²) in [6, 6.07) is 16.7. The van der Waals surface area contributed by atoms with E-state index in [1.807, 2.05) is 24.3 Å². The Kier molecular flexibility index (Phi) is 6.56. The van der Waals surface area contributed by atoms with Crippen LogP contribution in [-0.4, -0.2) is 17.8 Å². The molecule has 2 aromatic rings. The van der Waals surface area contributed by atoms with E-state index in [0.717, 1.165) is 43.4 Å². The van der Waals surface area contributed by atoms with Crippen molar-refractivity contribution in [1.82, 2.24) is 0 Å². The largest absolute Gasteiger partial charge is 0.491 e. The van der Waals surface area contributed by atoms with Crippen molar-refractivity contribution >= 4 is 5.69 Å². The number of unbranched alkanes of at least 4 members (excludes halogenated alkanes) is 1. The molecule has 26 heavy (non-hydrogen) atoms. The minimum atomic E-state index is -0.426. The molecule has 1 aliphatic heterocycles. The third kappa shape index (κ3) is 4.79. The zero-order valence-electron chi connectivity index (χ0n) is 15.9. The van der Waals surface area contributed by atoms with Crippen LogP contribution in [0, 0.1) is 5.92 Å². The molecule has 3 rings (SSSR count). The number of hydrogen-bond acceptors (Lipinski definition) is 3. The lowest BCUT2D eigenvalue weighted by Gasteiger charge is -2.27. The molecule has 0 spiro atoms. The molecule has 0 aliphatic carbocycles. The molecular formula is C23H31NO2. The Morgan fingerprint density at radius 1 is 1.19 bits per heavy atom. The van der Waals surface area contributed by atoms with Crippen molar-refractivity contribution in [2.45, 2.75) is 58.1 Å². The van der Waals surface area contributed by atoms with Gasteiger partial charge in [-0.2, -0.15) is 0 Å². The molecule has 2 N–H and O–H groups in total. The van der Waals surface area contributed by atoms with Gasteiger partial charge >= 0.3 is 0 Å². The van der Waals surface area contributed by atoms with Crippen molar-refractivity contribution in [3.05, 3.63) is 59.7 Å². The summed E-state index contributed by atoms with van der Waals surface area (Å²) < 4.78 is 6.04. The summed E-state index contributed by atoms with van der Waals surface area (Å²) in [5, 5.41) is 14.2. The fraction of sp³-hybridized carbons (Fsp3) is 0.478. The highest BCUT2D eigenvalue weighted by Crippen LogP contribution is 2.29. The molecule has 1 heterocycles. The SMILES string of the molecule is CCCCC(C)C(O)c1cccc(OCC2CCc3ccccc3N2)c1. The molecule has 0 saturated heterocycles. The van der Waals surface area contributed by atoms with Crippen molar-refractivity contribution < 1.29 is 9.84 Å². The molecule has 0 bridgehead atoms. The summed E-state index contributed by atoms with van der Waals surface area (Å²) in [6.07, 6.45) is 5.11. The summed E-state index contributed by atoms with van der Waals surface area (Å²) in [5.41, 5.74) is 3.56. The van der Waals surface area contributed by atoms with E-state index in [4.69, 9.17) is 4.74 Å². The Balaban J connectivity index is 1.56. The number of aryl methyl sites for hydroxylation is 1. The van der Waals surface area contributed by atoms with Crippen molar-refractivity contribution in [1.29, 1.82) is 0 Å². The first-order valence-corrected chi connectivity index (χ1v) is 9.92. The van der Waals surface area contributed by atoms with Crippen LogP contribution in [-0.2, 0) is 6.42 Å². The number of nitrogens with one attached hydrogen (secondary N) is 1. The first kappa shape index (κ1) is 18.8. The number of anilines is 1. The zero-order valence-corrected chi connectivity index (χ0v) is 15.9. The van der Waals surface area contributed by atoms with E-state index in [-0.39, 0.29) is 5.92 Å². The highest BCUT2D eigenvalue weighted by molar-refractivity contribution is 5.53. The molecule has 0 aromatic heterocycles. The average Bonchev–Trinajstić information content (AvgIpc) is 2.70. The lowest BCUT2D eigenvalue weighted by Crippen LogP contribution is -2.31. The number of ether oxygens (including phenoxy) is 1. The van der Waals surface area contributed by atoms with E-state index in [1.165, 1.54) is 11.3 Å². The Morgan fingerprint density at radius 3 is 2.88 bits per heavy atom. The lowest BCUT2D eigenvalue weighted by molar-refractivity contribution is 0.111. The molecule has 0 amide bonds. The molecule has 0 fully saturated rings. The van der Waals surface area contributed by atoms with E-state index in [1.54, 1.807) is 0 Å². The van der Waals surface area contributed by atoms with Crippen LogP contribution in [0.3, 0.4) is 0 Å². The summed E-state index contributed by atoms with van der Waals surface area (Å²) >= 11 is 0. The quantitative estimate of drug-likeness (QED) is 0.672. The highest BCUT2D eigenvalue weighted by atomic mass is 16.5. The van der Waals surface area contributed by atoms with Gasteiger partial charge < -0.3 is 15.2 Å². The van der Waals surface area contributed by atoms with Crippen LogP contribution in [0.5, 0.6) is 5.75 Å². The van der Waals surface area contributed by atoms with Crippen LogP contribution in [0.1, 0.15) is 56.8 Å². The van der Waals surface area contributed by atoms with Crippen LogP contribution < -0.4 is 10.1 Å². The first-order valence-electron chi connectivity index (χ1n) is 9.92. The van der Waals surface area contributed by atoms with Gasteiger partial charge in [-0.1, -0.05) is 57.0 Å². The predicted molar refractivity (Wildman–Crippen MR) is 108 cm³/mol. The number of benzene rings is 2. The monoisotopic (exact) mass is 353 g/mol. The molecule has 3 atom stereocenters. The van der Waals surface area contributed by atoms with Crippen molar-refractivity contribution in [2.24, 2.45) is 5.92 Å². The third-order valence-corrected chi connectivity index (χ3v) is 5.34. The number of aliphatic hydroxyl groups is 1. The van der Waals surface area contributed by atoms with Gasteiger partial charge in [0.15, 0.2) is 0 Å². The fourth-order valence-electron chi connectivity index (χ4n) is 3.62. The maximum atomic E-state index is 10.6. The second kappa shape index (κ2) is 9.09. The van der Waals surface area contributed by atoms with Crippen LogP contribution in [0.2, 0.25) is 0 Å². The molecule has 3 nitrogen and oxygen atoms in total. The van der Waals surface area contributed by atoms with E-state index in [9.17, 15) is 5.11 Å². The zero-order chi connectivity index (χ0) is 18.4. The maximum Gasteiger partial charge on any atom is 0.119 e.